The monoisotopic (exact) mass is 314 g/mol. The first-order valence-electron chi connectivity index (χ1n) is 6.98. The lowest BCUT2D eigenvalue weighted by atomic mass is 10.3. The third-order valence-electron chi connectivity index (χ3n) is 3.21. The van der Waals surface area contributed by atoms with Gasteiger partial charge in [0.15, 0.2) is 0 Å². The molecule has 0 fully saturated rings. The van der Waals surface area contributed by atoms with Gasteiger partial charge >= 0.3 is 12.2 Å². The molecule has 0 heterocycles. The Labute approximate surface area is 134 Å². The summed E-state index contributed by atoms with van der Waals surface area (Å²) in [5.41, 5.74) is 1.23. The molecule has 120 valence electrons. The van der Waals surface area contributed by atoms with E-state index in [9.17, 15) is 9.59 Å². The van der Waals surface area contributed by atoms with Crippen molar-refractivity contribution in [3.63, 3.8) is 0 Å². The summed E-state index contributed by atoms with van der Waals surface area (Å²) >= 11 is 0. The van der Waals surface area contributed by atoms with Crippen LogP contribution < -0.4 is 9.80 Å². The van der Waals surface area contributed by atoms with Gasteiger partial charge in [0.05, 0.1) is 14.2 Å². The molecule has 2 amide bonds. The Bertz CT molecular complexity index is 589. The number of rotatable bonds is 4. The molecule has 0 unspecified atom stereocenters. The maximum absolute atomic E-state index is 12.1. The highest BCUT2D eigenvalue weighted by molar-refractivity contribution is 5.93. The van der Waals surface area contributed by atoms with Gasteiger partial charge in [-0.3, -0.25) is 9.80 Å². The Morgan fingerprint density at radius 2 is 1.09 bits per heavy atom. The molecule has 2 aromatic carbocycles. The van der Waals surface area contributed by atoms with Crippen molar-refractivity contribution in [1.29, 1.82) is 0 Å². The molecule has 6 heteroatoms. The summed E-state index contributed by atoms with van der Waals surface area (Å²) in [6.07, 6.45) is -1.14. The number of hydrogen-bond acceptors (Lipinski definition) is 4. The summed E-state index contributed by atoms with van der Waals surface area (Å²) in [5.74, 6) is 0. The van der Waals surface area contributed by atoms with Crippen LogP contribution in [0.4, 0.5) is 21.0 Å². The summed E-state index contributed by atoms with van der Waals surface area (Å²) in [6, 6.07) is 17.9. The van der Waals surface area contributed by atoms with E-state index in [-0.39, 0.29) is 6.67 Å². The van der Waals surface area contributed by atoms with Crippen molar-refractivity contribution in [2.24, 2.45) is 0 Å². The number of nitrogens with zero attached hydrogens (tertiary/aromatic N) is 2. The lowest BCUT2D eigenvalue weighted by Gasteiger charge is -2.28. The number of hydrogen-bond donors (Lipinski definition) is 0. The summed E-state index contributed by atoms with van der Waals surface area (Å²) in [7, 11) is 2.59. The highest BCUT2D eigenvalue weighted by Crippen LogP contribution is 2.20. The minimum atomic E-state index is -0.568. The second-order valence-electron chi connectivity index (χ2n) is 4.61. The van der Waals surface area contributed by atoms with Crippen molar-refractivity contribution >= 4 is 23.6 Å². The number of amides is 2. The van der Waals surface area contributed by atoms with E-state index in [4.69, 9.17) is 9.47 Å². The number of anilines is 2. The van der Waals surface area contributed by atoms with Gasteiger partial charge in [0.1, 0.15) is 6.67 Å². The van der Waals surface area contributed by atoms with Gasteiger partial charge in [0.2, 0.25) is 0 Å². The number of para-hydroxylation sites is 2. The Morgan fingerprint density at radius 3 is 1.39 bits per heavy atom. The Hall–Kier alpha value is -3.02. The smallest absolute Gasteiger partial charge is 0.415 e. The van der Waals surface area contributed by atoms with Gasteiger partial charge in [0, 0.05) is 11.4 Å². The zero-order valence-corrected chi connectivity index (χ0v) is 13.0. The van der Waals surface area contributed by atoms with Crippen LogP contribution in [-0.2, 0) is 9.47 Å². The fourth-order valence-electron chi connectivity index (χ4n) is 2.07. The van der Waals surface area contributed by atoms with Crippen LogP contribution in [0.1, 0.15) is 0 Å². The van der Waals surface area contributed by atoms with Crippen LogP contribution in [0.2, 0.25) is 0 Å². The molecule has 0 aliphatic rings. The molecule has 2 rings (SSSR count). The van der Waals surface area contributed by atoms with Gasteiger partial charge in [-0.05, 0) is 24.3 Å². The Morgan fingerprint density at radius 1 is 0.739 bits per heavy atom. The molecule has 0 saturated carbocycles. The number of methoxy groups -OCH3 is 2. The molecule has 0 radical (unpaired) electrons. The van der Waals surface area contributed by atoms with E-state index in [0.29, 0.717) is 11.4 Å². The van der Waals surface area contributed by atoms with Crippen LogP contribution in [0.15, 0.2) is 60.7 Å². The zero-order chi connectivity index (χ0) is 16.7. The van der Waals surface area contributed by atoms with Crippen LogP contribution in [0.5, 0.6) is 0 Å². The first-order valence-corrected chi connectivity index (χ1v) is 6.98. The molecule has 0 atom stereocenters. The lowest BCUT2D eigenvalue weighted by molar-refractivity contribution is 0.173. The number of carbonyl (C=O) groups excluding carboxylic acids is 2. The van der Waals surface area contributed by atoms with Gasteiger partial charge in [-0.15, -0.1) is 0 Å². The standard InChI is InChI=1S/C17H18N2O4/c1-22-16(20)18(14-9-5-3-6-10-14)13-19(17(21)23-2)15-11-7-4-8-12-15/h3-12H,13H2,1-2H3. The molecule has 0 saturated heterocycles. The van der Waals surface area contributed by atoms with Gasteiger partial charge in [0.25, 0.3) is 0 Å². The predicted molar refractivity (Wildman–Crippen MR) is 87.5 cm³/mol. The van der Waals surface area contributed by atoms with E-state index in [1.807, 2.05) is 12.1 Å². The van der Waals surface area contributed by atoms with Crippen LogP contribution in [0.25, 0.3) is 0 Å². The maximum atomic E-state index is 12.1. The molecule has 0 N–H and O–H groups in total. The number of carbonyl (C=O) groups is 2. The molecule has 6 nitrogen and oxygen atoms in total. The summed E-state index contributed by atoms with van der Waals surface area (Å²) in [5, 5.41) is 0. The normalized spacial score (nSPS) is 9.83. The average molecular weight is 314 g/mol. The minimum absolute atomic E-state index is 0.0344. The van der Waals surface area contributed by atoms with E-state index in [1.54, 1.807) is 48.5 Å². The highest BCUT2D eigenvalue weighted by Gasteiger charge is 2.24. The first-order chi connectivity index (χ1) is 11.2. The Kier molecular flexibility index (Phi) is 5.57. The quantitative estimate of drug-likeness (QED) is 0.811. The van der Waals surface area contributed by atoms with Crippen LogP contribution >= 0.6 is 0 Å². The second kappa shape index (κ2) is 7.84. The van der Waals surface area contributed by atoms with Crippen molar-refractivity contribution in [2.75, 3.05) is 30.7 Å². The maximum Gasteiger partial charge on any atom is 0.415 e. The largest absolute Gasteiger partial charge is 0.452 e. The molecule has 0 spiro atoms. The predicted octanol–water partition coefficient (Wildman–Crippen LogP) is 3.49. The zero-order valence-electron chi connectivity index (χ0n) is 13.0. The summed E-state index contributed by atoms with van der Waals surface area (Å²) in [6.45, 7) is -0.0344. The summed E-state index contributed by atoms with van der Waals surface area (Å²) < 4.78 is 9.65. The van der Waals surface area contributed by atoms with Crippen LogP contribution in [0, 0.1) is 0 Å². The molecule has 0 aromatic heterocycles. The molecule has 0 bridgehead atoms. The van der Waals surface area contributed by atoms with Gasteiger partial charge < -0.3 is 9.47 Å². The second-order valence-corrected chi connectivity index (χ2v) is 4.61. The van der Waals surface area contributed by atoms with Crippen LogP contribution in [0.3, 0.4) is 0 Å². The molecule has 0 aliphatic carbocycles. The molecule has 0 aliphatic heterocycles. The van der Waals surface area contributed by atoms with Crippen molar-refractivity contribution in [3.8, 4) is 0 Å². The van der Waals surface area contributed by atoms with E-state index in [1.165, 1.54) is 24.0 Å². The van der Waals surface area contributed by atoms with Crippen molar-refractivity contribution in [2.45, 2.75) is 0 Å². The summed E-state index contributed by atoms with van der Waals surface area (Å²) in [4.78, 5) is 26.9. The van der Waals surface area contributed by atoms with Crippen molar-refractivity contribution < 1.29 is 19.1 Å². The van der Waals surface area contributed by atoms with Gasteiger partial charge in [-0.2, -0.15) is 0 Å². The average Bonchev–Trinajstić information content (AvgIpc) is 2.63. The van der Waals surface area contributed by atoms with Gasteiger partial charge in [-0.25, -0.2) is 9.59 Å². The Balaban J connectivity index is 2.34. The third kappa shape index (κ3) is 4.00. The fourth-order valence-corrected chi connectivity index (χ4v) is 2.07. The van der Waals surface area contributed by atoms with E-state index < -0.39 is 12.2 Å². The minimum Gasteiger partial charge on any atom is -0.452 e. The molecule has 23 heavy (non-hydrogen) atoms. The highest BCUT2D eigenvalue weighted by atomic mass is 16.5. The van der Waals surface area contributed by atoms with Gasteiger partial charge in [-0.1, -0.05) is 36.4 Å². The first kappa shape index (κ1) is 16.4. The molecular formula is C17H18N2O4. The lowest BCUT2D eigenvalue weighted by Crippen LogP contribution is -2.44. The van der Waals surface area contributed by atoms with Crippen LogP contribution in [-0.4, -0.2) is 33.1 Å². The SMILES string of the molecule is COC(=O)N(CN(C(=O)OC)c1ccccc1)c1ccccc1. The number of ether oxygens (including phenoxy) is 2. The van der Waals surface area contributed by atoms with E-state index in [2.05, 4.69) is 0 Å². The third-order valence-corrected chi connectivity index (χ3v) is 3.21. The van der Waals surface area contributed by atoms with Crippen molar-refractivity contribution in [1.82, 2.24) is 0 Å². The molecule has 2 aromatic rings. The van der Waals surface area contributed by atoms with E-state index >= 15 is 0 Å². The number of benzene rings is 2. The fraction of sp³-hybridized carbons (Fsp3) is 0.176. The molecular weight excluding hydrogens is 296 g/mol. The van der Waals surface area contributed by atoms with Crippen molar-refractivity contribution in [3.05, 3.63) is 60.7 Å². The van der Waals surface area contributed by atoms with E-state index in [0.717, 1.165) is 0 Å². The topological polar surface area (TPSA) is 59.1 Å².